The Bertz CT molecular complexity index is 1830. The molecule has 3 aromatic rings. The minimum atomic E-state index is -4.11. The monoisotopic (exact) mass is 764 g/mol. The van der Waals surface area contributed by atoms with E-state index >= 15 is 0 Å². The number of nitrogens with one attached hydrogen (secondary N) is 2. The van der Waals surface area contributed by atoms with Crippen molar-refractivity contribution in [2.75, 3.05) is 26.4 Å². The zero-order chi connectivity index (χ0) is 38.8. The van der Waals surface area contributed by atoms with Gasteiger partial charge in [0, 0.05) is 25.7 Å². The van der Waals surface area contributed by atoms with Gasteiger partial charge in [-0.2, -0.15) is 4.31 Å². The van der Waals surface area contributed by atoms with Crippen molar-refractivity contribution in [2.45, 2.75) is 89.1 Å². The van der Waals surface area contributed by atoms with Crippen LogP contribution in [-0.4, -0.2) is 91.3 Å². The van der Waals surface area contributed by atoms with Crippen molar-refractivity contribution >= 4 is 27.9 Å². The second kappa shape index (κ2) is 18.6. The molecule has 2 aliphatic rings. The van der Waals surface area contributed by atoms with Crippen molar-refractivity contribution in [3.8, 4) is 11.5 Å². The third kappa shape index (κ3) is 10.3. The van der Waals surface area contributed by atoms with Gasteiger partial charge in [0.15, 0.2) is 11.5 Å². The molecule has 0 spiro atoms. The van der Waals surface area contributed by atoms with Crippen LogP contribution in [0.3, 0.4) is 0 Å². The second-order valence-electron chi connectivity index (χ2n) is 14.4. The molecule has 5 rings (SSSR count). The van der Waals surface area contributed by atoms with E-state index in [-0.39, 0.29) is 49.6 Å². The molecule has 0 saturated carbocycles. The van der Waals surface area contributed by atoms with Gasteiger partial charge in [-0.25, -0.2) is 13.2 Å². The highest BCUT2D eigenvalue weighted by atomic mass is 32.2. The molecule has 13 nitrogen and oxygen atoms in total. The summed E-state index contributed by atoms with van der Waals surface area (Å²) in [6.45, 7) is 7.71. The van der Waals surface area contributed by atoms with E-state index in [0.717, 1.165) is 11.1 Å². The molecule has 3 N–H and O–H groups in total. The van der Waals surface area contributed by atoms with Crippen LogP contribution in [0.15, 0.2) is 83.8 Å². The van der Waals surface area contributed by atoms with Crippen molar-refractivity contribution < 1.29 is 42.1 Å². The van der Waals surface area contributed by atoms with E-state index in [2.05, 4.69) is 10.6 Å². The number of aliphatic hydroxyl groups excluding tert-OH is 1. The van der Waals surface area contributed by atoms with E-state index < -0.39 is 52.2 Å². The Morgan fingerprint density at radius 1 is 0.926 bits per heavy atom. The number of amides is 3. The van der Waals surface area contributed by atoms with Crippen LogP contribution in [0.2, 0.25) is 0 Å². The first-order valence-electron chi connectivity index (χ1n) is 18.6. The smallest absolute Gasteiger partial charge is 0.410 e. The van der Waals surface area contributed by atoms with E-state index in [9.17, 15) is 27.9 Å². The first-order chi connectivity index (χ1) is 25.9. The van der Waals surface area contributed by atoms with E-state index in [1.54, 1.807) is 6.07 Å². The Morgan fingerprint density at radius 2 is 1.59 bits per heavy atom. The summed E-state index contributed by atoms with van der Waals surface area (Å²) in [5, 5.41) is 17.7. The molecule has 54 heavy (non-hydrogen) atoms. The summed E-state index contributed by atoms with van der Waals surface area (Å²) in [6.07, 6.45) is -0.179. The lowest BCUT2D eigenvalue weighted by molar-refractivity contribution is -0.133. The molecule has 0 aromatic heterocycles. The number of fused-ring (bicyclic) bond motifs is 1. The van der Waals surface area contributed by atoms with Crippen LogP contribution in [0.5, 0.6) is 11.5 Å². The van der Waals surface area contributed by atoms with Gasteiger partial charge in [0.05, 0.1) is 17.0 Å². The van der Waals surface area contributed by atoms with Gasteiger partial charge < -0.3 is 30.0 Å². The molecule has 3 aromatic carbocycles. The highest BCUT2D eigenvalue weighted by molar-refractivity contribution is 7.89. The number of hydrogen-bond donors (Lipinski definition) is 3. The Kier molecular flexibility index (Phi) is 13.9. The van der Waals surface area contributed by atoms with Crippen LogP contribution in [0, 0.1) is 11.8 Å². The average Bonchev–Trinajstić information content (AvgIpc) is 3.86. The van der Waals surface area contributed by atoms with Crippen molar-refractivity contribution in [1.29, 1.82) is 0 Å². The van der Waals surface area contributed by atoms with Crippen molar-refractivity contribution in [3.63, 3.8) is 0 Å². The molecular weight excluding hydrogens is 713 g/mol. The van der Waals surface area contributed by atoms with Crippen molar-refractivity contribution in [3.05, 3.63) is 90.0 Å². The van der Waals surface area contributed by atoms with Crippen LogP contribution in [0.1, 0.15) is 58.1 Å². The number of likely N-dealkylation sites (tertiary alicyclic amines) is 1. The second-order valence-corrected chi connectivity index (χ2v) is 16.3. The van der Waals surface area contributed by atoms with E-state index in [4.69, 9.17) is 14.2 Å². The largest absolute Gasteiger partial charge is 0.454 e. The third-order valence-electron chi connectivity index (χ3n) is 9.82. The maximum atomic E-state index is 14.2. The maximum Gasteiger partial charge on any atom is 0.410 e. The van der Waals surface area contributed by atoms with Gasteiger partial charge in [0.25, 0.3) is 0 Å². The third-order valence-corrected chi connectivity index (χ3v) is 11.6. The van der Waals surface area contributed by atoms with Crippen LogP contribution in [0.25, 0.3) is 0 Å². The van der Waals surface area contributed by atoms with Gasteiger partial charge in [0.2, 0.25) is 28.6 Å². The molecule has 1 unspecified atom stereocenters. The number of hydrogen-bond acceptors (Lipinski definition) is 9. The zero-order valence-corrected chi connectivity index (χ0v) is 32.2. The summed E-state index contributed by atoms with van der Waals surface area (Å²) in [6, 6.07) is 20.2. The lowest BCUT2D eigenvalue weighted by Gasteiger charge is -2.33. The summed E-state index contributed by atoms with van der Waals surface area (Å²) in [5.41, 5.74) is 1.64. The lowest BCUT2D eigenvalue weighted by atomic mass is 9.95. The van der Waals surface area contributed by atoms with Gasteiger partial charge in [-0.05, 0) is 54.4 Å². The Labute approximate surface area is 318 Å². The number of rotatable bonds is 17. The summed E-state index contributed by atoms with van der Waals surface area (Å²) >= 11 is 0. The molecule has 1 fully saturated rings. The summed E-state index contributed by atoms with van der Waals surface area (Å²) in [4.78, 5) is 42.4. The first kappa shape index (κ1) is 40.5. The van der Waals surface area contributed by atoms with E-state index in [0.29, 0.717) is 37.3 Å². The number of ether oxygens (including phenoxy) is 3. The summed E-state index contributed by atoms with van der Waals surface area (Å²) < 4.78 is 45.6. The fourth-order valence-corrected chi connectivity index (χ4v) is 8.27. The fraction of sp³-hybridized carbons (Fsp3) is 0.475. The predicted molar refractivity (Wildman–Crippen MR) is 202 cm³/mol. The van der Waals surface area contributed by atoms with Crippen LogP contribution >= 0.6 is 0 Å². The normalized spacial score (nSPS) is 17.5. The number of aliphatic hydroxyl groups is 1. The average molecular weight is 765 g/mol. The molecule has 0 radical (unpaired) electrons. The number of carbonyl (C=O) groups excluding carboxylic acids is 3. The number of carbonyl (C=O) groups is 3. The molecule has 0 bridgehead atoms. The molecule has 2 aliphatic heterocycles. The topological polar surface area (TPSA) is 164 Å². The Hall–Kier alpha value is -4.66. The minimum Gasteiger partial charge on any atom is -0.454 e. The maximum absolute atomic E-state index is 14.2. The van der Waals surface area contributed by atoms with Gasteiger partial charge >= 0.3 is 6.09 Å². The fourth-order valence-electron chi connectivity index (χ4n) is 6.64. The molecule has 2 heterocycles. The number of nitrogens with zero attached hydrogens (tertiary/aromatic N) is 2. The highest BCUT2D eigenvalue weighted by Gasteiger charge is 2.39. The summed E-state index contributed by atoms with van der Waals surface area (Å²) in [7, 11) is -4.11. The lowest BCUT2D eigenvalue weighted by Crippen LogP contribution is -2.59. The molecule has 5 atom stereocenters. The van der Waals surface area contributed by atoms with Crippen molar-refractivity contribution in [2.24, 2.45) is 11.8 Å². The molecule has 1 saturated heterocycles. The van der Waals surface area contributed by atoms with E-state index in [1.165, 1.54) is 21.3 Å². The van der Waals surface area contributed by atoms with Crippen LogP contribution in [0.4, 0.5) is 4.79 Å². The molecule has 292 valence electrons. The van der Waals surface area contributed by atoms with Gasteiger partial charge in [-0.3, -0.25) is 14.5 Å². The Morgan fingerprint density at radius 3 is 2.26 bits per heavy atom. The minimum absolute atomic E-state index is 0.00676. The molecule has 14 heteroatoms. The van der Waals surface area contributed by atoms with Crippen LogP contribution < -0.4 is 20.1 Å². The highest BCUT2D eigenvalue weighted by Crippen LogP contribution is 2.35. The quantitative estimate of drug-likeness (QED) is 0.180. The summed E-state index contributed by atoms with van der Waals surface area (Å²) in [5.74, 6) is -0.628. The van der Waals surface area contributed by atoms with Crippen molar-refractivity contribution in [1.82, 2.24) is 19.8 Å². The van der Waals surface area contributed by atoms with E-state index in [1.807, 2.05) is 88.4 Å². The van der Waals surface area contributed by atoms with Gasteiger partial charge in [-0.1, -0.05) is 94.8 Å². The Balaban J connectivity index is 1.33. The predicted octanol–water partition coefficient (Wildman–Crippen LogP) is 4.48. The standard InChI is InChI=1S/C40H52N4O9S/c1-5-28(4)37(42-38(46)33-17-12-20-44(33)40(48)51-25-30-15-10-7-11-16-30)39(47)41-32(21-29-13-8-6-9-14-29)34(45)24-43(23-27(2)3)54(49,50)31-18-19-35-36(22-31)53-26-52-35/h6-11,13-16,18-19,22,27-28,32-34,37,45H,5,12,17,20-21,23-26H2,1-4H3,(H,41,47)(H,42,46)/t28?,32-,33-,34+,37-/m0/s1. The first-order valence-corrected chi connectivity index (χ1v) is 20.0. The molecule has 3 amide bonds. The number of sulfonamides is 1. The van der Waals surface area contributed by atoms with Crippen LogP contribution in [-0.2, 0) is 37.4 Å². The molecular formula is C40H52N4O9S. The van der Waals surface area contributed by atoms with Gasteiger partial charge in [0.1, 0.15) is 18.7 Å². The van der Waals surface area contributed by atoms with Gasteiger partial charge in [-0.15, -0.1) is 0 Å². The SMILES string of the molecule is CCC(C)[C@H](NC(=O)[C@@H]1CCCN1C(=O)OCc1ccccc1)C(=O)N[C@@H](Cc1ccccc1)[C@H](O)CN(CC(C)C)S(=O)(=O)c1ccc2c(c1)OCO2. The zero-order valence-electron chi connectivity index (χ0n) is 31.3. The number of benzene rings is 3. The molecule has 0 aliphatic carbocycles.